The van der Waals surface area contributed by atoms with Crippen LogP contribution in [0, 0.1) is 0 Å². The molecule has 0 aromatic carbocycles. The Hall–Kier alpha value is -1.19. The first-order valence-electron chi connectivity index (χ1n) is 3.93. The van der Waals surface area contributed by atoms with Gasteiger partial charge in [0.2, 0.25) is 0 Å². The molecule has 0 atom stereocenters. The number of carbonyl (C=O) groups excluding carboxylic acids is 1. The number of rotatable bonds is 2. The molecule has 1 heterocycles. The Morgan fingerprint density at radius 3 is 2.92 bits per heavy atom. The Morgan fingerprint density at radius 2 is 2.42 bits per heavy atom. The molecule has 0 N–H and O–H groups in total. The van der Waals surface area contributed by atoms with E-state index in [2.05, 4.69) is 5.10 Å². The predicted octanol–water partition coefficient (Wildman–Crippen LogP) is 1.37. The number of nitrogens with zero attached hydrogens (tertiary/aromatic N) is 2. The molecule has 1 fully saturated rings. The van der Waals surface area contributed by atoms with Crippen LogP contribution in [0.1, 0.15) is 29.2 Å². The van der Waals surface area contributed by atoms with Gasteiger partial charge in [-0.3, -0.25) is 9.48 Å². The smallest absolute Gasteiger partial charge is 0.153 e. The minimum absolute atomic E-state index is 0.161. The molecule has 4 heteroatoms. The van der Waals surface area contributed by atoms with Crippen molar-refractivity contribution in [2.75, 3.05) is 0 Å². The van der Waals surface area contributed by atoms with Gasteiger partial charge >= 0.3 is 0 Å². The average molecular weight is 168 g/mol. The lowest BCUT2D eigenvalue weighted by Crippen LogP contribution is -2.28. The Morgan fingerprint density at radius 1 is 1.67 bits per heavy atom. The number of carbonyl (C=O) groups is 1. The van der Waals surface area contributed by atoms with E-state index >= 15 is 0 Å². The van der Waals surface area contributed by atoms with Crippen LogP contribution in [0.2, 0.25) is 0 Å². The maximum atomic E-state index is 12.4. The van der Waals surface area contributed by atoms with Crippen LogP contribution in [0.4, 0.5) is 4.39 Å². The molecule has 0 aliphatic heterocycles. The summed E-state index contributed by atoms with van der Waals surface area (Å²) in [7, 11) is 0. The third kappa shape index (κ3) is 1.13. The second-order valence-electron chi connectivity index (χ2n) is 3.09. The Balaban J connectivity index is 2.08. The maximum absolute atomic E-state index is 12.4. The SMILES string of the molecule is O=Cc1cnn(C2CC(F)C2)c1. The van der Waals surface area contributed by atoms with Gasteiger partial charge in [0, 0.05) is 19.0 Å². The van der Waals surface area contributed by atoms with Crippen LogP contribution in [0.15, 0.2) is 12.4 Å². The van der Waals surface area contributed by atoms with E-state index < -0.39 is 6.17 Å². The monoisotopic (exact) mass is 168 g/mol. The number of hydrogen-bond acceptors (Lipinski definition) is 2. The molecule has 0 bridgehead atoms. The number of hydrogen-bond donors (Lipinski definition) is 0. The second-order valence-corrected chi connectivity index (χ2v) is 3.09. The third-order valence-electron chi connectivity index (χ3n) is 2.19. The maximum Gasteiger partial charge on any atom is 0.153 e. The van der Waals surface area contributed by atoms with Crippen molar-refractivity contribution in [1.29, 1.82) is 0 Å². The first kappa shape index (κ1) is 7.46. The van der Waals surface area contributed by atoms with Crippen LogP contribution in [0.3, 0.4) is 0 Å². The summed E-state index contributed by atoms with van der Waals surface area (Å²) in [4.78, 5) is 10.3. The Kier molecular flexibility index (Phi) is 1.67. The molecule has 0 radical (unpaired) electrons. The molecule has 0 spiro atoms. The zero-order valence-corrected chi connectivity index (χ0v) is 6.48. The van der Waals surface area contributed by atoms with Gasteiger partial charge in [-0.25, -0.2) is 4.39 Å². The van der Waals surface area contributed by atoms with Crippen molar-refractivity contribution in [1.82, 2.24) is 9.78 Å². The van der Waals surface area contributed by atoms with E-state index in [0.717, 1.165) is 6.29 Å². The number of aromatic nitrogens is 2. The van der Waals surface area contributed by atoms with E-state index in [1.165, 1.54) is 6.20 Å². The van der Waals surface area contributed by atoms with Crippen molar-refractivity contribution in [2.24, 2.45) is 0 Å². The molecule has 64 valence electrons. The topological polar surface area (TPSA) is 34.9 Å². The fourth-order valence-electron chi connectivity index (χ4n) is 1.35. The highest BCUT2D eigenvalue weighted by Crippen LogP contribution is 2.33. The summed E-state index contributed by atoms with van der Waals surface area (Å²) >= 11 is 0. The molecular formula is C8H9FN2O. The lowest BCUT2D eigenvalue weighted by atomic mass is 9.91. The minimum atomic E-state index is -0.682. The highest BCUT2D eigenvalue weighted by molar-refractivity contribution is 5.73. The molecule has 0 saturated heterocycles. The highest BCUT2D eigenvalue weighted by atomic mass is 19.1. The van der Waals surface area contributed by atoms with Crippen LogP contribution in [-0.2, 0) is 0 Å². The summed E-state index contributed by atoms with van der Waals surface area (Å²) < 4.78 is 14.1. The van der Waals surface area contributed by atoms with Gasteiger partial charge in [0.25, 0.3) is 0 Å². The molecule has 0 unspecified atom stereocenters. The van der Waals surface area contributed by atoms with Crippen molar-refractivity contribution < 1.29 is 9.18 Å². The van der Waals surface area contributed by atoms with Crippen molar-refractivity contribution in [2.45, 2.75) is 25.1 Å². The van der Waals surface area contributed by atoms with Crippen LogP contribution >= 0.6 is 0 Å². The van der Waals surface area contributed by atoms with Crippen LogP contribution in [0.5, 0.6) is 0 Å². The number of aldehydes is 1. The second kappa shape index (κ2) is 2.69. The fraction of sp³-hybridized carbons (Fsp3) is 0.500. The first-order valence-corrected chi connectivity index (χ1v) is 3.93. The van der Waals surface area contributed by atoms with E-state index in [1.54, 1.807) is 10.9 Å². The molecule has 1 saturated carbocycles. The predicted molar refractivity (Wildman–Crippen MR) is 40.8 cm³/mol. The van der Waals surface area contributed by atoms with Crippen LogP contribution in [-0.4, -0.2) is 22.2 Å². The van der Waals surface area contributed by atoms with Crippen molar-refractivity contribution in [3.63, 3.8) is 0 Å². The fourth-order valence-corrected chi connectivity index (χ4v) is 1.35. The van der Waals surface area contributed by atoms with E-state index in [9.17, 15) is 9.18 Å². The molecule has 3 nitrogen and oxygen atoms in total. The van der Waals surface area contributed by atoms with Gasteiger partial charge < -0.3 is 0 Å². The molecule has 12 heavy (non-hydrogen) atoms. The lowest BCUT2D eigenvalue weighted by molar-refractivity contribution is 0.112. The van der Waals surface area contributed by atoms with Crippen molar-refractivity contribution in [3.05, 3.63) is 18.0 Å². The summed E-state index contributed by atoms with van der Waals surface area (Å²) in [5.41, 5.74) is 0.553. The minimum Gasteiger partial charge on any atom is -0.298 e. The zero-order chi connectivity index (χ0) is 8.55. The molecule has 1 aliphatic rings. The highest BCUT2D eigenvalue weighted by Gasteiger charge is 2.30. The molecule has 2 rings (SSSR count). The molecule has 1 aromatic rings. The summed E-state index contributed by atoms with van der Waals surface area (Å²) in [6.07, 6.45) is 4.27. The number of halogens is 1. The largest absolute Gasteiger partial charge is 0.298 e. The van der Waals surface area contributed by atoms with Gasteiger partial charge in [-0.05, 0) is 0 Å². The summed E-state index contributed by atoms with van der Waals surface area (Å²) in [6.45, 7) is 0. The van der Waals surface area contributed by atoms with Gasteiger partial charge in [0.15, 0.2) is 6.29 Å². The molecule has 1 aliphatic carbocycles. The van der Waals surface area contributed by atoms with E-state index in [0.29, 0.717) is 18.4 Å². The van der Waals surface area contributed by atoms with Crippen LogP contribution in [0.25, 0.3) is 0 Å². The van der Waals surface area contributed by atoms with Gasteiger partial charge in [-0.15, -0.1) is 0 Å². The normalized spacial score (nSPS) is 28.1. The summed E-state index contributed by atoms with van der Waals surface area (Å²) in [5.74, 6) is 0. The van der Waals surface area contributed by atoms with Gasteiger partial charge in [-0.2, -0.15) is 5.10 Å². The van der Waals surface area contributed by atoms with Crippen LogP contribution < -0.4 is 0 Å². The number of alkyl halides is 1. The summed E-state index contributed by atoms with van der Waals surface area (Å²) in [5, 5.41) is 3.96. The Bertz CT molecular complexity index is 291. The van der Waals surface area contributed by atoms with Gasteiger partial charge in [-0.1, -0.05) is 0 Å². The quantitative estimate of drug-likeness (QED) is 0.625. The Labute approximate surface area is 69.2 Å². The van der Waals surface area contributed by atoms with Crippen molar-refractivity contribution >= 4 is 6.29 Å². The zero-order valence-electron chi connectivity index (χ0n) is 6.48. The molecule has 1 aromatic heterocycles. The van der Waals surface area contributed by atoms with E-state index in [-0.39, 0.29) is 6.04 Å². The molecule has 0 amide bonds. The molecular weight excluding hydrogens is 159 g/mol. The summed E-state index contributed by atoms with van der Waals surface area (Å²) in [6, 6.07) is 0.161. The van der Waals surface area contributed by atoms with Crippen molar-refractivity contribution in [3.8, 4) is 0 Å². The average Bonchev–Trinajstić information content (AvgIpc) is 2.46. The van der Waals surface area contributed by atoms with Gasteiger partial charge in [0.1, 0.15) is 6.17 Å². The van der Waals surface area contributed by atoms with Gasteiger partial charge in [0.05, 0.1) is 17.8 Å². The van der Waals surface area contributed by atoms with E-state index in [4.69, 9.17) is 0 Å². The standard InChI is InChI=1S/C8H9FN2O/c9-7-1-8(2-7)11-4-6(5-12)3-10-11/h3-5,7-8H,1-2H2. The van der Waals surface area contributed by atoms with E-state index in [1.807, 2.05) is 0 Å². The third-order valence-corrected chi connectivity index (χ3v) is 2.19. The lowest BCUT2D eigenvalue weighted by Gasteiger charge is -2.29. The first-order chi connectivity index (χ1) is 5.79.